The van der Waals surface area contributed by atoms with Crippen molar-refractivity contribution in [2.24, 2.45) is 0 Å². The highest BCUT2D eigenvalue weighted by Crippen LogP contribution is 2.24. The number of pyridine rings is 1. The smallest absolute Gasteiger partial charge is 0.144 e. The van der Waals surface area contributed by atoms with E-state index in [4.69, 9.17) is 5.26 Å². The van der Waals surface area contributed by atoms with Gasteiger partial charge in [0.1, 0.15) is 11.9 Å². The van der Waals surface area contributed by atoms with E-state index < -0.39 is 0 Å². The van der Waals surface area contributed by atoms with Gasteiger partial charge in [-0.05, 0) is 44.2 Å². The summed E-state index contributed by atoms with van der Waals surface area (Å²) in [7, 11) is 0. The molecule has 0 fully saturated rings. The van der Waals surface area contributed by atoms with Gasteiger partial charge in [-0.2, -0.15) is 5.26 Å². The van der Waals surface area contributed by atoms with E-state index in [1.165, 1.54) is 5.56 Å². The number of nitrogens with zero attached hydrogens (tertiary/aromatic N) is 2. The van der Waals surface area contributed by atoms with Gasteiger partial charge in [0, 0.05) is 12.2 Å². The Labute approximate surface area is 102 Å². The molecule has 0 amide bonds. The van der Waals surface area contributed by atoms with Crippen molar-refractivity contribution in [2.75, 3.05) is 11.9 Å². The van der Waals surface area contributed by atoms with Crippen LogP contribution in [-0.2, 0) is 12.8 Å². The lowest BCUT2D eigenvalue weighted by atomic mass is 10.1. The van der Waals surface area contributed by atoms with E-state index >= 15 is 0 Å². The normalized spacial score (nSPS) is 13.6. The van der Waals surface area contributed by atoms with E-state index in [2.05, 4.69) is 22.4 Å². The first kappa shape index (κ1) is 11.7. The summed E-state index contributed by atoms with van der Waals surface area (Å²) < 4.78 is 0. The van der Waals surface area contributed by atoms with Gasteiger partial charge in [0.05, 0.1) is 5.56 Å². The summed E-state index contributed by atoms with van der Waals surface area (Å²) in [5.41, 5.74) is 3.09. The van der Waals surface area contributed by atoms with E-state index in [1.54, 1.807) is 0 Å². The number of hydrogen-bond donors (Lipinski definition) is 1. The fourth-order valence-corrected chi connectivity index (χ4v) is 2.13. The monoisotopic (exact) mass is 227 g/mol. The lowest BCUT2D eigenvalue weighted by molar-refractivity contribution is 0.898. The molecule has 88 valence electrons. The minimum Gasteiger partial charge on any atom is -0.369 e. The van der Waals surface area contributed by atoms with E-state index in [0.29, 0.717) is 5.56 Å². The maximum absolute atomic E-state index is 9.11. The molecule has 1 heterocycles. The summed E-state index contributed by atoms with van der Waals surface area (Å²) in [4.78, 5) is 4.56. The molecule has 1 N–H and O–H groups in total. The molecule has 0 aromatic carbocycles. The second kappa shape index (κ2) is 5.49. The van der Waals surface area contributed by atoms with Gasteiger partial charge in [-0.25, -0.2) is 4.98 Å². The molecule has 1 aromatic heterocycles. The summed E-state index contributed by atoms with van der Waals surface area (Å²) in [6, 6.07) is 4.22. The van der Waals surface area contributed by atoms with Crippen LogP contribution in [0.3, 0.4) is 0 Å². The van der Waals surface area contributed by atoms with Crippen molar-refractivity contribution < 1.29 is 0 Å². The molecule has 0 atom stereocenters. The molecule has 3 nitrogen and oxygen atoms in total. The van der Waals surface area contributed by atoms with Gasteiger partial charge in [0.15, 0.2) is 0 Å². The predicted octanol–water partition coefficient (Wildman–Crippen LogP) is 2.82. The average Bonchev–Trinajstić information content (AvgIpc) is 2.80. The first-order chi connectivity index (χ1) is 8.35. The zero-order valence-electron chi connectivity index (χ0n) is 10.2. The largest absolute Gasteiger partial charge is 0.369 e. The van der Waals surface area contributed by atoms with Crippen molar-refractivity contribution in [3.05, 3.63) is 35.0 Å². The van der Waals surface area contributed by atoms with Crippen LogP contribution < -0.4 is 5.32 Å². The van der Waals surface area contributed by atoms with Crippen LogP contribution in [-0.4, -0.2) is 11.5 Å². The van der Waals surface area contributed by atoms with E-state index in [0.717, 1.165) is 43.7 Å². The van der Waals surface area contributed by atoms with Crippen LogP contribution >= 0.6 is 0 Å². The molecule has 3 heteroatoms. The van der Waals surface area contributed by atoms with Crippen molar-refractivity contribution in [3.63, 3.8) is 0 Å². The number of allylic oxidation sites excluding steroid dienone is 1. The molecule has 0 spiro atoms. The molecular formula is C14H17N3. The van der Waals surface area contributed by atoms with Gasteiger partial charge >= 0.3 is 0 Å². The third-order valence-corrected chi connectivity index (χ3v) is 3.01. The molecular weight excluding hydrogens is 210 g/mol. The minimum absolute atomic E-state index is 0.672. The van der Waals surface area contributed by atoms with E-state index in [-0.39, 0.29) is 0 Å². The van der Waals surface area contributed by atoms with E-state index in [9.17, 15) is 0 Å². The number of nitrogens with one attached hydrogen (secondary N) is 1. The SMILES string of the molecule is C/C=C/CCNc1nc2c(cc1C#N)CCC2. The molecule has 0 aliphatic heterocycles. The van der Waals surface area contributed by atoms with Gasteiger partial charge in [0.2, 0.25) is 0 Å². The Balaban J connectivity index is 2.13. The molecule has 1 aromatic rings. The summed E-state index contributed by atoms with van der Waals surface area (Å²) in [5, 5.41) is 12.4. The maximum Gasteiger partial charge on any atom is 0.144 e. The van der Waals surface area contributed by atoms with Crippen molar-refractivity contribution in [3.8, 4) is 6.07 Å². The lowest BCUT2D eigenvalue weighted by Gasteiger charge is -2.08. The highest BCUT2D eigenvalue weighted by Gasteiger charge is 2.15. The van der Waals surface area contributed by atoms with Crippen molar-refractivity contribution >= 4 is 5.82 Å². The number of hydrogen-bond acceptors (Lipinski definition) is 3. The topological polar surface area (TPSA) is 48.7 Å². The highest BCUT2D eigenvalue weighted by atomic mass is 15.0. The zero-order valence-corrected chi connectivity index (χ0v) is 10.2. The first-order valence-corrected chi connectivity index (χ1v) is 6.13. The number of rotatable bonds is 4. The van der Waals surface area contributed by atoms with Crippen molar-refractivity contribution in [1.29, 1.82) is 5.26 Å². The fourth-order valence-electron chi connectivity index (χ4n) is 2.13. The van der Waals surface area contributed by atoms with Crippen LogP contribution in [0.4, 0.5) is 5.82 Å². The van der Waals surface area contributed by atoms with Gasteiger partial charge in [-0.3, -0.25) is 0 Å². The Kier molecular flexibility index (Phi) is 3.77. The molecule has 2 rings (SSSR count). The van der Waals surface area contributed by atoms with Crippen molar-refractivity contribution in [1.82, 2.24) is 4.98 Å². The Morgan fingerprint density at radius 3 is 3.18 bits per heavy atom. The number of aryl methyl sites for hydroxylation is 2. The molecule has 0 radical (unpaired) electrons. The molecule has 1 aliphatic rings. The summed E-state index contributed by atoms with van der Waals surface area (Å²) in [5.74, 6) is 0.748. The second-order valence-corrected chi connectivity index (χ2v) is 4.24. The summed E-state index contributed by atoms with van der Waals surface area (Å²) >= 11 is 0. The third-order valence-electron chi connectivity index (χ3n) is 3.01. The first-order valence-electron chi connectivity index (χ1n) is 6.13. The average molecular weight is 227 g/mol. The predicted molar refractivity (Wildman–Crippen MR) is 68.9 cm³/mol. The van der Waals surface area contributed by atoms with Gasteiger partial charge in [-0.15, -0.1) is 0 Å². The Bertz CT molecular complexity index is 469. The minimum atomic E-state index is 0.672. The Hall–Kier alpha value is -1.82. The zero-order chi connectivity index (χ0) is 12.1. The molecule has 0 saturated carbocycles. The second-order valence-electron chi connectivity index (χ2n) is 4.24. The lowest BCUT2D eigenvalue weighted by Crippen LogP contribution is -2.06. The van der Waals surface area contributed by atoms with Gasteiger partial charge < -0.3 is 5.32 Å². The summed E-state index contributed by atoms with van der Waals surface area (Å²) in [6.07, 6.45) is 8.37. The standard InChI is InChI=1S/C14H17N3/c1-2-3-4-8-16-14-12(10-15)9-11-6-5-7-13(11)17-14/h2-3,9H,4-8H2,1H3,(H,16,17)/b3-2+. The summed E-state index contributed by atoms with van der Waals surface area (Å²) in [6.45, 7) is 2.83. The highest BCUT2D eigenvalue weighted by molar-refractivity contribution is 5.55. The molecule has 0 saturated heterocycles. The van der Waals surface area contributed by atoms with Crippen molar-refractivity contribution in [2.45, 2.75) is 32.6 Å². The molecule has 0 unspecified atom stereocenters. The van der Waals surface area contributed by atoms with Gasteiger partial charge in [-0.1, -0.05) is 12.2 Å². The molecule has 1 aliphatic carbocycles. The van der Waals surface area contributed by atoms with Crippen LogP contribution in [0.5, 0.6) is 0 Å². The number of aromatic nitrogens is 1. The van der Waals surface area contributed by atoms with Gasteiger partial charge in [0.25, 0.3) is 0 Å². The van der Waals surface area contributed by atoms with Crippen LogP contribution in [0.25, 0.3) is 0 Å². The van der Waals surface area contributed by atoms with Crippen LogP contribution in [0, 0.1) is 11.3 Å². The maximum atomic E-state index is 9.11. The molecule has 0 bridgehead atoms. The van der Waals surface area contributed by atoms with Crippen LogP contribution in [0.15, 0.2) is 18.2 Å². The fraction of sp³-hybridized carbons (Fsp3) is 0.429. The number of fused-ring (bicyclic) bond motifs is 1. The quantitative estimate of drug-likeness (QED) is 0.635. The van der Waals surface area contributed by atoms with Crippen LogP contribution in [0.2, 0.25) is 0 Å². The van der Waals surface area contributed by atoms with Crippen LogP contribution in [0.1, 0.15) is 36.6 Å². The number of anilines is 1. The Morgan fingerprint density at radius 1 is 1.53 bits per heavy atom. The Morgan fingerprint density at radius 2 is 2.41 bits per heavy atom. The number of nitriles is 1. The van der Waals surface area contributed by atoms with E-state index in [1.807, 2.05) is 19.1 Å². The third kappa shape index (κ3) is 2.65. The molecule has 17 heavy (non-hydrogen) atoms.